The number of ether oxygens (including phenoxy) is 1. The van der Waals surface area contributed by atoms with Gasteiger partial charge in [-0.05, 0) is 47.4 Å². The van der Waals surface area contributed by atoms with Crippen LogP contribution in [0.1, 0.15) is 67.2 Å². The van der Waals surface area contributed by atoms with Crippen molar-refractivity contribution >= 4 is 17.7 Å². The Labute approximate surface area is 206 Å². The average molecular weight is 473 g/mol. The van der Waals surface area contributed by atoms with Crippen LogP contribution < -0.4 is 5.32 Å². The predicted molar refractivity (Wildman–Crippen MR) is 131 cm³/mol. The Bertz CT molecular complexity index is 1070. The zero-order valence-corrected chi connectivity index (χ0v) is 20.3. The predicted octanol–water partition coefficient (Wildman–Crippen LogP) is 3.59. The van der Waals surface area contributed by atoms with Gasteiger partial charge < -0.3 is 10.1 Å². The number of likely N-dealkylation sites (tertiary alicyclic amines) is 1. The molecule has 0 aromatic heterocycles. The summed E-state index contributed by atoms with van der Waals surface area (Å²) >= 11 is 0. The number of imide groups is 1. The molecule has 0 radical (unpaired) electrons. The van der Waals surface area contributed by atoms with Gasteiger partial charge in [-0.15, -0.1) is 0 Å². The second kappa shape index (κ2) is 8.59. The van der Waals surface area contributed by atoms with Crippen LogP contribution in [0.3, 0.4) is 0 Å². The zero-order chi connectivity index (χ0) is 24.3. The van der Waals surface area contributed by atoms with Gasteiger partial charge in [0, 0.05) is 25.0 Å². The van der Waals surface area contributed by atoms with Gasteiger partial charge in [0.1, 0.15) is 6.04 Å². The van der Waals surface area contributed by atoms with Crippen LogP contribution in [0.5, 0.6) is 0 Å². The lowest BCUT2D eigenvalue weighted by Crippen LogP contribution is -2.51. The van der Waals surface area contributed by atoms with Gasteiger partial charge in [-0.1, -0.05) is 62.4 Å². The van der Waals surface area contributed by atoms with Crippen LogP contribution in [0.2, 0.25) is 0 Å². The number of amides is 3. The molecule has 2 aromatic rings. The third-order valence-electron chi connectivity index (χ3n) is 8.32. The Morgan fingerprint density at radius 2 is 1.46 bits per heavy atom. The minimum Gasteiger partial charge on any atom is -0.376 e. The van der Waals surface area contributed by atoms with Crippen LogP contribution in [0.15, 0.2) is 48.5 Å². The highest BCUT2D eigenvalue weighted by atomic mass is 16.5. The van der Waals surface area contributed by atoms with Crippen molar-refractivity contribution in [3.8, 4) is 0 Å². The monoisotopic (exact) mass is 472 g/mol. The van der Waals surface area contributed by atoms with E-state index < -0.39 is 17.9 Å². The quantitative estimate of drug-likeness (QED) is 0.652. The van der Waals surface area contributed by atoms with Crippen LogP contribution in [-0.2, 0) is 19.1 Å². The van der Waals surface area contributed by atoms with E-state index >= 15 is 0 Å². The van der Waals surface area contributed by atoms with Crippen LogP contribution in [-0.4, -0.2) is 47.9 Å². The maximum Gasteiger partial charge on any atom is 0.243 e. The smallest absolute Gasteiger partial charge is 0.243 e. The van der Waals surface area contributed by atoms with Gasteiger partial charge >= 0.3 is 0 Å². The van der Waals surface area contributed by atoms with Crippen molar-refractivity contribution in [2.45, 2.75) is 57.1 Å². The molecule has 5 aliphatic rings. The van der Waals surface area contributed by atoms with E-state index in [-0.39, 0.29) is 41.6 Å². The second-order valence-electron chi connectivity index (χ2n) is 10.8. The van der Waals surface area contributed by atoms with Gasteiger partial charge in [-0.3, -0.25) is 19.3 Å². The molecule has 7 rings (SSSR count). The van der Waals surface area contributed by atoms with Gasteiger partial charge in [0.25, 0.3) is 0 Å². The highest BCUT2D eigenvalue weighted by molar-refractivity contribution is 6.10. The molecule has 2 heterocycles. The fraction of sp³-hybridized carbons (Fsp3) is 0.483. The van der Waals surface area contributed by atoms with Gasteiger partial charge in [-0.2, -0.15) is 0 Å². The van der Waals surface area contributed by atoms with E-state index in [0.29, 0.717) is 19.6 Å². The minimum absolute atomic E-state index is 0.00561. The molecule has 2 aromatic carbocycles. The Morgan fingerprint density at radius 3 is 1.89 bits per heavy atom. The molecule has 3 amide bonds. The molecule has 2 fully saturated rings. The summed E-state index contributed by atoms with van der Waals surface area (Å²) in [6, 6.07) is 15.6. The molecular formula is C29H32N2O4. The van der Waals surface area contributed by atoms with Crippen molar-refractivity contribution < 1.29 is 19.1 Å². The summed E-state index contributed by atoms with van der Waals surface area (Å²) in [4.78, 5) is 42.8. The fourth-order valence-corrected chi connectivity index (χ4v) is 6.92. The average Bonchev–Trinajstić information content (AvgIpc) is 3.48. The molecule has 3 aliphatic carbocycles. The molecule has 0 saturated carbocycles. The number of nitrogens with one attached hydrogen (secondary N) is 1. The molecule has 0 spiro atoms. The van der Waals surface area contributed by atoms with Crippen LogP contribution in [0.4, 0.5) is 0 Å². The topological polar surface area (TPSA) is 75.7 Å². The number of nitrogens with zero attached hydrogens (tertiary/aromatic N) is 1. The lowest BCUT2D eigenvalue weighted by atomic mass is 9.55. The van der Waals surface area contributed by atoms with Crippen molar-refractivity contribution in [1.29, 1.82) is 0 Å². The molecular weight excluding hydrogens is 440 g/mol. The maximum atomic E-state index is 14.0. The van der Waals surface area contributed by atoms with E-state index in [1.807, 2.05) is 38.1 Å². The largest absolute Gasteiger partial charge is 0.376 e. The van der Waals surface area contributed by atoms with Crippen LogP contribution in [0.25, 0.3) is 0 Å². The Balaban J connectivity index is 1.36. The number of carbonyl (C=O) groups excluding carboxylic acids is 3. The lowest BCUT2D eigenvalue weighted by Gasteiger charge is -2.45. The van der Waals surface area contributed by atoms with Crippen LogP contribution >= 0.6 is 0 Å². The standard InChI is InChI=1S/C29H32N2O4/c1-16(2)14-22(27(32)30-15-17-8-7-13-35-17)31-28(33)25-23-18-9-3-4-10-19(18)24(26(25)29(31)34)21-12-6-5-11-20(21)23/h3-6,9-12,16-17,22-26H,7-8,13-15H2,1-2H3,(H,30,32)/t17-,22+,23?,24?,25-,26+/m0/s1. The van der Waals surface area contributed by atoms with E-state index in [1.165, 1.54) is 4.90 Å². The Kier molecular flexibility index (Phi) is 5.52. The first-order chi connectivity index (χ1) is 17.0. The minimum atomic E-state index is -0.798. The molecule has 35 heavy (non-hydrogen) atoms. The number of hydrogen-bond donors (Lipinski definition) is 1. The van der Waals surface area contributed by atoms with E-state index in [2.05, 4.69) is 29.6 Å². The van der Waals surface area contributed by atoms with E-state index in [0.717, 1.165) is 35.1 Å². The van der Waals surface area contributed by atoms with E-state index in [4.69, 9.17) is 4.74 Å². The van der Waals surface area contributed by atoms with Crippen molar-refractivity contribution in [3.63, 3.8) is 0 Å². The first-order valence-electron chi connectivity index (χ1n) is 12.9. The summed E-state index contributed by atoms with van der Waals surface area (Å²) in [5.74, 6) is -1.73. The molecule has 182 valence electrons. The highest BCUT2D eigenvalue weighted by Crippen LogP contribution is 2.61. The van der Waals surface area contributed by atoms with Crippen molar-refractivity contribution in [2.75, 3.05) is 13.2 Å². The molecule has 2 bridgehead atoms. The first-order valence-corrected chi connectivity index (χ1v) is 12.9. The third-order valence-corrected chi connectivity index (χ3v) is 8.32. The zero-order valence-electron chi connectivity index (χ0n) is 20.3. The van der Waals surface area contributed by atoms with Crippen LogP contribution in [0, 0.1) is 17.8 Å². The lowest BCUT2D eigenvalue weighted by molar-refractivity contribution is -0.148. The first kappa shape index (κ1) is 22.5. The molecule has 6 nitrogen and oxygen atoms in total. The van der Waals surface area contributed by atoms with E-state index in [1.54, 1.807) is 0 Å². The Morgan fingerprint density at radius 1 is 0.943 bits per heavy atom. The Hall–Kier alpha value is -2.99. The summed E-state index contributed by atoms with van der Waals surface area (Å²) in [5, 5.41) is 2.99. The summed E-state index contributed by atoms with van der Waals surface area (Å²) in [6.45, 7) is 5.17. The summed E-state index contributed by atoms with van der Waals surface area (Å²) in [7, 11) is 0. The van der Waals surface area contributed by atoms with Crippen molar-refractivity contribution in [3.05, 3.63) is 70.8 Å². The highest BCUT2D eigenvalue weighted by Gasteiger charge is 2.63. The van der Waals surface area contributed by atoms with Gasteiger partial charge in [0.15, 0.2) is 0 Å². The molecule has 1 N–H and O–H groups in total. The normalized spacial score (nSPS) is 29.2. The molecule has 2 saturated heterocycles. The molecule has 0 unspecified atom stereocenters. The maximum absolute atomic E-state index is 14.0. The summed E-state index contributed by atoms with van der Waals surface area (Å²) in [6.07, 6.45) is 2.36. The second-order valence-corrected chi connectivity index (χ2v) is 10.8. The molecule has 4 atom stereocenters. The van der Waals surface area contributed by atoms with Gasteiger partial charge in [-0.25, -0.2) is 0 Å². The summed E-state index contributed by atoms with van der Waals surface area (Å²) in [5.41, 5.74) is 4.57. The number of rotatable bonds is 6. The number of hydrogen-bond acceptors (Lipinski definition) is 4. The molecule has 6 heteroatoms. The number of carbonyl (C=O) groups is 3. The third kappa shape index (κ3) is 3.45. The fourth-order valence-electron chi connectivity index (χ4n) is 6.92. The number of benzene rings is 2. The van der Waals surface area contributed by atoms with Gasteiger partial charge in [0.05, 0.1) is 17.9 Å². The van der Waals surface area contributed by atoms with E-state index in [9.17, 15) is 14.4 Å². The van der Waals surface area contributed by atoms with Gasteiger partial charge in [0.2, 0.25) is 17.7 Å². The SMILES string of the molecule is CC(C)C[C@H](C(=O)NC[C@@H]1CCCO1)N1C(=O)[C@@H]2C3c4ccccc4C(c4ccccc43)[C@@H]2C1=O. The molecule has 2 aliphatic heterocycles. The summed E-state index contributed by atoms with van der Waals surface area (Å²) < 4.78 is 5.65. The van der Waals surface area contributed by atoms with Crippen molar-refractivity contribution in [1.82, 2.24) is 10.2 Å². The van der Waals surface area contributed by atoms with Crippen molar-refractivity contribution in [2.24, 2.45) is 17.8 Å².